The van der Waals surface area contributed by atoms with Gasteiger partial charge >= 0.3 is 5.97 Å². The Bertz CT molecular complexity index is 407. The zero-order valence-electron chi connectivity index (χ0n) is 9.65. The van der Waals surface area contributed by atoms with Crippen LogP contribution in [0.5, 0.6) is 0 Å². The first-order valence-corrected chi connectivity index (χ1v) is 6.53. The van der Waals surface area contributed by atoms with Gasteiger partial charge in [-0.05, 0) is 47.3 Å². The summed E-state index contributed by atoms with van der Waals surface area (Å²) in [6.07, 6.45) is 5.64. The molecular weight excluding hydrogens is 284 g/mol. The molecule has 1 fully saturated rings. The first-order chi connectivity index (χ1) is 8.20. The fraction of sp³-hybridized carbons (Fsp3) is 0.500. The Balaban J connectivity index is 2.15. The number of pyridine rings is 1. The van der Waals surface area contributed by atoms with E-state index in [4.69, 9.17) is 4.74 Å². The lowest BCUT2D eigenvalue weighted by Gasteiger charge is -2.17. The van der Waals surface area contributed by atoms with E-state index < -0.39 is 6.04 Å². The topological polar surface area (TPSA) is 51.2 Å². The van der Waals surface area contributed by atoms with Gasteiger partial charge in [0.25, 0.3) is 0 Å². The second-order valence-electron chi connectivity index (χ2n) is 4.06. The first-order valence-electron chi connectivity index (χ1n) is 5.74. The number of hydrogen-bond acceptors (Lipinski definition) is 4. The molecule has 0 aliphatic heterocycles. The van der Waals surface area contributed by atoms with Crippen LogP contribution in [0.25, 0.3) is 0 Å². The van der Waals surface area contributed by atoms with E-state index in [1.165, 1.54) is 0 Å². The van der Waals surface area contributed by atoms with E-state index in [1.54, 1.807) is 12.4 Å². The van der Waals surface area contributed by atoms with Gasteiger partial charge in [-0.3, -0.25) is 10.3 Å². The molecule has 1 heterocycles. The summed E-state index contributed by atoms with van der Waals surface area (Å²) in [6.45, 7) is 2.20. The number of ether oxygens (including phenoxy) is 1. The van der Waals surface area contributed by atoms with Crippen LogP contribution < -0.4 is 5.32 Å². The van der Waals surface area contributed by atoms with Crippen molar-refractivity contribution in [1.29, 1.82) is 0 Å². The predicted octanol–water partition coefficient (Wildman–Crippen LogP) is 2.20. The Labute approximate surface area is 109 Å². The SMILES string of the molecule is CCOC(=O)C(NC1CC1)c1cncc(Br)c1. The van der Waals surface area contributed by atoms with Crippen molar-refractivity contribution in [3.8, 4) is 0 Å². The van der Waals surface area contributed by atoms with Crippen LogP contribution in [-0.2, 0) is 9.53 Å². The van der Waals surface area contributed by atoms with Gasteiger partial charge in [0.2, 0.25) is 0 Å². The maximum Gasteiger partial charge on any atom is 0.327 e. The van der Waals surface area contributed by atoms with E-state index in [9.17, 15) is 4.79 Å². The molecule has 0 spiro atoms. The highest BCUT2D eigenvalue weighted by Gasteiger charge is 2.30. The largest absolute Gasteiger partial charge is 0.465 e. The van der Waals surface area contributed by atoms with E-state index in [2.05, 4.69) is 26.2 Å². The second kappa shape index (κ2) is 5.60. The van der Waals surface area contributed by atoms with Crippen molar-refractivity contribution in [1.82, 2.24) is 10.3 Å². The van der Waals surface area contributed by atoms with Gasteiger partial charge in [-0.15, -0.1) is 0 Å². The standard InChI is InChI=1S/C12H15BrN2O2/c1-2-17-12(16)11(15-10-3-4-10)8-5-9(13)7-14-6-8/h5-7,10-11,15H,2-4H2,1H3. The second-order valence-corrected chi connectivity index (χ2v) is 4.98. The minimum atomic E-state index is -0.410. The highest BCUT2D eigenvalue weighted by atomic mass is 79.9. The quantitative estimate of drug-likeness (QED) is 0.847. The normalized spacial score (nSPS) is 16.6. The van der Waals surface area contributed by atoms with Crippen LogP contribution in [0.1, 0.15) is 31.4 Å². The van der Waals surface area contributed by atoms with Crippen LogP contribution in [0.15, 0.2) is 22.9 Å². The molecule has 17 heavy (non-hydrogen) atoms. The molecule has 1 aromatic heterocycles. The minimum Gasteiger partial charge on any atom is -0.465 e. The van der Waals surface area contributed by atoms with Crippen molar-refractivity contribution in [3.05, 3.63) is 28.5 Å². The van der Waals surface area contributed by atoms with Gasteiger partial charge in [-0.1, -0.05) is 0 Å². The van der Waals surface area contributed by atoms with E-state index >= 15 is 0 Å². The monoisotopic (exact) mass is 298 g/mol. The lowest BCUT2D eigenvalue weighted by molar-refractivity contribution is -0.145. The molecule has 1 atom stereocenters. The summed E-state index contributed by atoms with van der Waals surface area (Å²) in [5.74, 6) is -0.237. The van der Waals surface area contributed by atoms with Crippen LogP contribution in [0.2, 0.25) is 0 Å². The van der Waals surface area contributed by atoms with E-state index in [-0.39, 0.29) is 5.97 Å². The first kappa shape index (κ1) is 12.5. The number of aromatic nitrogens is 1. The summed E-state index contributed by atoms with van der Waals surface area (Å²) in [4.78, 5) is 16.0. The summed E-state index contributed by atoms with van der Waals surface area (Å²) in [5, 5.41) is 3.28. The smallest absolute Gasteiger partial charge is 0.327 e. The van der Waals surface area contributed by atoms with Gasteiger partial charge < -0.3 is 4.74 Å². The van der Waals surface area contributed by atoms with Crippen molar-refractivity contribution in [2.75, 3.05) is 6.61 Å². The van der Waals surface area contributed by atoms with Crippen LogP contribution in [0, 0.1) is 0 Å². The molecule has 4 nitrogen and oxygen atoms in total. The number of carbonyl (C=O) groups is 1. The lowest BCUT2D eigenvalue weighted by atomic mass is 10.1. The molecule has 0 aromatic carbocycles. The number of nitrogens with zero attached hydrogens (tertiary/aromatic N) is 1. The van der Waals surface area contributed by atoms with Crippen molar-refractivity contribution >= 4 is 21.9 Å². The van der Waals surface area contributed by atoms with Gasteiger partial charge in [0.05, 0.1) is 6.61 Å². The number of halogens is 1. The molecule has 1 aliphatic carbocycles. The number of rotatable bonds is 5. The Morgan fingerprint density at radius 2 is 2.41 bits per heavy atom. The highest BCUT2D eigenvalue weighted by Crippen LogP contribution is 2.25. The number of esters is 1. The molecule has 2 rings (SSSR count). The van der Waals surface area contributed by atoms with Crippen molar-refractivity contribution in [2.45, 2.75) is 31.8 Å². The molecular formula is C12H15BrN2O2. The third-order valence-electron chi connectivity index (χ3n) is 2.56. The average Bonchev–Trinajstić information content (AvgIpc) is 3.10. The fourth-order valence-corrected chi connectivity index (χ4v) is 1.98. The molecule has 0 amide bonds. The zero-order chi connectivity index (χ0) is 12.3. The Hall–Kier alpha value is -0.940. The molecule has 1 aliphatic rings. The fourth-order valence-electron chi connectivity index (χ4n) is 1.60. The summed E-state index contributed by atoms with van der Waals surface area (Å²) >= 11 is 3.36. The maximum absolute atomic E-state index is 11.9. The number of carbonyl (C=O) groups excluding carboxylic acids is 1. The number of hydrogen-bond donors (Lipinski definition) is 1. The van der Waals surface area contributed by atoms with Gasteiger partial charge in [-0.25, -0.2) is 4.79 Å². The summed E-state index contributed by atoms with van der Waals surface area (Å²) < 4.78 is 5.95. The summed E-state index contributed by atoms with van der Waals surface area (Å²) in [5.41, 5.74) is 0.838. The van der Waals surface area contributed by atoms with Crippen LogP contribution >= 0.6 is 15.9 Å². The van der Waals surface area contributed by atoms with E-state index in [0.717, 1.165) is 22.9 Å². The minimum absolute atomic E-state index is 0.237. The third kappa shape index (κ3) is 3.51. The molecule has 5 heteroatoms. The van der Waals surface area contributed by atoms with Gasteiger partial charge in [-0.2, -0.15) is 0 Å². The molecule has 0 saturated heterocycles. The van der Waals surface area contributed by atoms with Crippen LogP contribution in [-0.4, -0.2) is 23.6 Å². The van der Waals surface area contributed by atoms with Crippen molar-refractivity contribution in [3.63, 3.8) is 0 Å². The van der Waals surface area contributed by atoms with Gasteiger partial charge in [0, 0.05) is 22.9 Å². The van der Waals surface area contributed by atoms with Crippen molar-refractivity contribution < 1.29 is 9.53 Å². The van der Waals surface area contributed by atoms with Gasteiger partial charge in [0.1, 0.15) is 6.04 Å². The molecule has 92 valence electrons. The predicted molar refractivity (Wildman–Crippen MR) is 67.5 cm³/mol. The Morgan fingerprint density at radius 3 is 3.00 bits per heavy atom. The number of nitrogens with one attached hydrogen (secondary N) is 1. The zero-order valence-corrected chi connectivity index (χ0v) is 11.2. The van der Waals surface area contributed by atoms with E-state index in [1.807, 2.05) is 13.0 Å². The Morgan fingerprint density at radius 1 is 1.65 bits per heavy atom. The lowest BCUT2D eigenvalue weighted by Crippen LogP contribution is -2.31. The van der Waals surface area contributed by atoms with Crippen LogP contribution in [0.3, 0.4) is 0 Å². The summed E-state index contributed by atoms with van der Waals surface area (Å²) in [6, 6.07) is 1.92. The van der Waals surface area contributed by atoms with E-state index in [0.29, 0.717) is 12.6 Å². The third-order valence-corrected chi connectivity index (χ3v) is 3.00. The van der Waals surface area contributed by atoms with Crippen LogP contribution in [0.4, 0.5) is 0 Å². The Kier molecular flexibility index (Phi) is 4.12. The highest BCUT2D eigenvalue weighted by molar-refractivity contribution is 9.10. The summed E-state index contributed by atoms with van der Waals surface area (Å²) in [7, 11) is 0. The average molecular weight is 299 g/mol. The molecule has 0 bridgehead atoms. The van der Waals surface area contributed by atoms with Crippen molar-refractivity contribution in [2.24, 2.45) is 0 Å². The molecule has 1 aromatic rings. The molecule has 1 unspecified atom stereocenters. The maximum atomic E-state index is 11.9. The molecule has 1 saturated carbocycles. The molecule has 1 N–H and O–H groups in total. The molecule has 0 radical (unpaired) electrons. The van der Waals surface area contributed by atoms with Gasteiger partial charge in [0.15, 0.2) is 0 Å².